The summed E-state index contributed by atoms with van der Waals surface area (Å²) in [6.45, 7) is 0. The number of carbonyl (C=O) groups is 4. The second kappa shape index (κ2) is 38.4. The van der Waals surface area contributed by atoms with Crippen molar-refractivity contribution in [2.24, 2.45) is 0 Å². The average Bonchev–Trinajstić information content (AvgIpc) is 1.18. The van der Waals surface area contributed by atoms with Gasteiger partial charge >= 0.3 is 23.9 Å². The maximum absolute atomic E-state index is 13.6. The first-order valence-corrected chi connectivity index (χ1v) is 26.4. The molecule has 8 aromatic rings. The van der Waals surface area contributed by atoms with Gasteiger partial charge in [-0.2, -0.15) is 107 Å². The zero-order chi connectivity index (χ0) is 61.5. The number of nitriles is 4. The van der Waals surface area contributed by atoms with Crippen LogP contribution in [0.2, 0.25) is 0 Å². The van der Waals surface area contributed by atoms with E-state index in [0.717, 1.165) is 87.8 Å². The van der Waals surface area contributed by atoms with E-state index in [2.05, 4.69) is 25.0 Å². The molecule has 2 fully saturated rings. The van der Waals surface area contributed by atoms with Crippen LogP contribution in [0.5, 0.6) is 23.0 Å². The standard InChI is InChI=1S/C20H16F2NO2.C20H17FNO2.C14H6F2NO2.C14H7FNO2.4Re.2H2/c21-18-10-16(11-19(22)17(18)12-23)25-20(24)15-8-6-14(7-9-15)13-4-2-1-3-5-13;21-19-12-18(11-10-17(19)13-22)24-20(23)16-8-6-15(7-9-16)14-4-2-1-3-5-14;15-12-6-10(7-13(16)11(12)8-17)19-14(18)9-4-2-1-3-5-9;15-13-8-12(7-6-11(13)9-16)18-14(17)10-4-2-1-3-5-10;;;;;;/h1,6-11,13H,2-5H2;1,6-12,14H,2-5H2;2-7H;2-8H;;;;;2*1H/q4*-1;;;;;;. The molecule has 12 nitrogen and oxygen atoms in total. The minimum absolute atomic E-state index is 0. The van der Waals surface area contributed by atoms with Gasteiger partial charge in [0.1, 0.15) is 93.3 Å². The number of ether oxygens (including phenoxy) is 4. The van der Waals surface area contributed by atoms with E-state index < -0.39 is 69.9 Å². The zero-order valence-corrected chi connectivity index (χ0v) is 57.7. The fourth-order valence-electron chi connectivity index (χ4n) is 8.74. The smallest absolute Gasteiger partial charge is 0.343 e. The van der Waals surface area contributed by atoms with Gasteiger partial charge in [-0.05, 0) is 82.6 Å². The molecule has 0 aromatic heterocycles. The molecule has 8 aromatic carbocycles. The fraction of sp³-hybridized carbons (Fsp3) is 0.147. The number of rotatable bonds is 10. The fourth-order valence-corrected chi connectivity index (χ4v) is 8.74. The van der Waals surface area contributed by atoms with Gasteiger partial charge in [-0.25, -0.2) is 45.5 Å². The summed E-state index contributed by atoms with van der Waals surface area (Å²) < 4.78 is 101. The molecule has 0 bridgehead atoms. The van der Waals surface area contributed by atoms with Gasteiger partial charge in [0.2, 0.25) is 0 Å². The van der Waals surface area contributed by atoms with Gasteiger partial charge < -0.3 is 31.8 Å². The average molecular weight is 1910 g/mol. The van der Waals surface area contributed by atoms with Crippen molar-refractivity contribution in [2.45, 2.75) is 63.2 Å². The van der Waals surface area contributed by atoms with E-state index >= 15 is 0 Å². The summed E-state index contributed by atoms with van der Waals surface area (Å²) in [5.41, 5.74) is 2.13. The molecule has 2 aliphatic carbocycles. The Bertz CT molecular complexity index is 3880. The topological polar surface area (TPSA) is 200 Å². The summed E-state index contributed by atoms with van der Waals surface area (Å²) in [6, 6.07) is 49.0. The van der Waals surface area contributed by atoms with Crippen LogP contribution in [0.4, 0.5) is 26.3 Å². The van der Waals surface area contributed by atoms with Gasteiger partial charge in [0.05, 0.1) is 22.3 Å². The number of hydrogen-bond acceptors (Lipinski definition) is 12. The molecule has 22 heteroatoms. The number of esters is 4. The van der Waals surface area contributed by atoms with Gasteiger partial charge in [-0.1, -0.05) is 49.9 Å². The number of nitrogens with zero attached hydrogens (tertiary/aromatic N) is 4. The Kier molecular flexibility index (Phi) is 32.5. The van der Waals surface area contributed by atoms with Gasteiger partial charge in [0, 0.05) is 121 Å². The Morgan fingerprint density at radius 1 is 0.378 bits per heavy atom. The molecule has 0 atom stereocenters. The quantitative estimate of drug-likeness (QED) is 0.0544. The monoisotopic (exact) mass is 1910 g/mol. The summed E-state index contributed by atoms with van der Waals surface area (Å²) in [6.07, 6.45) is 13.6. The summed E-state index contributed by atoms with van der Waals surface area (Å²) in [4.78, 5) is 47.6. The Morgan fingerprint density at radius 3 is 0.911 bits per heavy atom. The minimum atomic E-state index is -1.08. The summed E-state index contributed by atoms with van der Waals surface area (Å²) in [5.74, 6) is -7.66. The van der Waals surface area contributed by atoms with Gasteiger partial charge in [-0.15, -0.1) is 0 Å². The van der Waals surface area contributed by atoms with E-state index in [1.54, 1.807) is 60.7 Å². The van der Waals surface area contributed by atoms with Crippen LogP contribution in [-0.4, -0.2) is 23.9 Å². The molecular weight excluding hydrogens is 1860 g/mol. The Hall–Kier alpha value is -8.17. The van der Waals surface area contributed by atoms with Crippen LogP contribution in [-0.2, 0) is 81.7 Å². The first-order valence-electron chi connectivity index (χ1n) is 26.4. The van der Waals surface area contributed by atoms with Crippen molar-refractivity contribution < 1.29 is 149 Å². The van der Waals surface area contributed by atoms with Crippen molar-refractivity contribution in [3.05, 3.63) is 273 Å². The third-order valence-corrected chi connectivity index (χ3v) is 13.2. The van der Waals surface area contributed by atoms with E-state index in [-0.39, 0.29) is 124 Å². The van der Waals surface area contributed by atoms with E-state index in [0.29, 0.717) is 28.5 Å². The number of hydrogen-bond donors (Lipinski definition) is 0. The first kappa shape index (κ1) is 76.1. The molecule has 0 heterocycles. The molecule has 2 saturated carbocycles. The molecule has 4 radical (unpaired) electrons. The molecule has 0 unspecified atom stereocenters. The molecule has 90 heavy (non-hydrogen) atoms. The van der Waals surface area contributed by atoms with Crippen molar-refractivity contribution in [1.82, 2.24) is 0 Å². The summed E-state index contributed by atoms with van der Waals surface area (Å²) >= 11 is 0. The summed E-state index contributed by atoms with van der Waals surface area (Å²) in [7, 11) is 0. The van der Waals surface area contributed by atoms with Gasteiger partial charge in [0.15, 0.2) is 0 Å². The van der Waals surface area contributed by atoms with Crippen LogP contribution in [0.3, 0.4) is 0 Å². The minimum Gasteiger partial charge on any atom is -0.424 e. The van der Waals surface area contributed by atoms with E-state index in [1.165, 1.54) is 71.8 Å². The van der Waals surface area contributed by atoms with E-state index in [9.17, 15) is 45.5 Å². The largest absolute Gasteiger partial charge is 0.424 e. The molecular formula is C68H50F6N4O8Re4-4. The van der Waals surface area contributed by atoms with Crippen LogP contribution in [0.25, 0.3) is 0 Å². The Balaban J connectivity index is 0.000000605. The zero-order valence-electron chi connectivity index (χ0n) is 46.8. The molecule has 0 spiro atoms. The third-order valence-electron chi connectivity index (χ3n) is 13.2. The van der Waals surface area contributed by atoms with Crippen molar-refractivity contribution in [3.63, 3.8) is 0 Å². The second-order valence-corrected chi connectivity index (χ2v) is 18.9. The van der Waals surface area contributed by atoms with Crippen molar-refractivity contribution in [2.75, 3.05) is 0 Å². The van der Waals surface area contributed by atoms with Crippen LogP contribution in [0.1, 0.15) is 141 Å². The normalized spacial score (nSPS) is 12.0. The van der Waals surface area contributed by atoms with E-state index in [4.69, 9.17) is 40.0 Å². The third kappa shape index (κ3) is 22.1. The maximum Gasteiger partial charge on any atom is 0.343 e. The molecule has 0 saturated heterocycles. The maximum atomic E-state index is 13.6. The van der Waals surface area contributed by atoms with Crippen LogP contribution < -0.4 is 18.9 Å². The van der Waals surface area contributed by atoms with Gasteiger partial charge in [0.25, 0.3) is 0 Å². The molecule has 0 amide bonds. The van der Waals surface area contributed by atoms with Crippen LogP contribution >= 0.6 is 0 Å². The van der Waals surface area contributed by atoms with Crippen LogP contribution in [0.15, 0.2) is 158 Å². The molecule has 0 N–H and O–H groups in total. The van der Waals surface area contributed by atoms with Gasteiger partial charge in [-0.3, -0.25) is 0 Å². The van der Waals surface area contributed by atoms with Crippen molar-refractivity contribution in [1.29, 1.82) is 21.0 Å². The number of benzene rings is 8. The molecule has 10 rings (SSSR count). The molecule has 464 valence electrons. The number of halogens is 6. The van der Waals surface area contributed by atoms with E-state index in [1.807, 2.05) is 24.3 Å². The number of carbonyl (C=O) groups excluding carboxylic acids is 4. The van der Waals surface area contributed by atoms with Crippen molar-refractivity contribution >= 4 is 23.9 Å². The predicted octanol–water partition coefficient (Wildman–Crippen LogP) is 15.8. The summed E-state index contributed by atoms with van der Waals surface area (Å²) in [5, 5.41) is 34.4. The van der Waals surface area contributed by atoms with Crippen molar-refractivity contribution in [3.8, 4) is 47.3 Å². The Labute approximate surface area is 573 Å². The Morgan fingerprint density at radius 2 is 0.644 bits per heavy atom. The molecule has 2 aliphatic rings. The molecule has 0 aliphatic heterocycles. The first-order chi connectivity index (χ1) is 41.6. The second-order valence-electron chi connectivity index (χ2n) is 18.9. The van der Waals surface area contributed by atoms with Crippen LogP contribution in [0, 0.1) is 105 Å². The SMILES string of the molecule is N#Cc1c(F)cc(OC(=O)c2cc[c-]cc2)cc1F.N#Cc1c(F)cc(OC(=O)c2ccc(C3CC[CH-]CC3)cc2)cc1F.N#Cc1ccc(OC(=O)c2cc[c-]cc2)cc1F.N#Cc1ccc(OC(=O)c2ccc(C3CC[CH-]CC3)cc2)cc1F.[HH].[HH].[Re].[Re].[Re].[Re]. The predicted molar refractivity (Wildman–Crippen MR) is 303 cm³/mol.